The van der Waals surface area contributed by atoms with Gasteiger partial charge in [-0.3, -0.25) is 0 Å². The van der Waals surface area contributed by atoms with Gasteiger partial charge in [0.15, 0.2) is 0 Å². The highest BCUT2D eigenvalue weighted by atomic mass is 35.5. The fourth-order valence-electron chi connectivity index (χ4n) is 2.10. The Hall–Kier alpha value is -0.570. The van der Waals surface area contributed by atoms with Crippen molar-refractivity contribution in [2.24, 2.45) is 11.7 Å². The van der Waals surface area contributed by atoms with E-state index >= 15 is 0 Å². The molecule has 1 fully saturated rings. The van der Waals surface area contributed by atoms with Crippen molar-refractivity contribution in [1.82, 2.24) is 0 Å². The Balaban J connectivity index is 2.02. The molecule has 1 aliphatic rings. The number of benzene rings is 1. The summed E-state index contributed by atoms with van der Waals surface area (Å²) >= 11 is 6.09. The molecule has 1 aliphatic heterocycles. The summed E-state index contributed by atoms with van der Waals surface area (Å²) in [5.41, 5.74) is 8.41. The van der Waals surface area contributed by atoms with Gasteiger partial charge < -0.3 is 10.5 Å². The lowest BCUT2D eigenvalue weighted by molar-refractivity contribution is 0.182. The van der Waals surface area contributed by atoms with Crippen LogP contribution < -0.4 is 5.73 Å². The standard InChI is InChI=1S/C13H18ClNO/c1-9-2-3-11(7-12(9)14)13(15)6-10-4-5-16-8-10/h2-3,7,10,13H,4-6,8,15H2,1H3. The predicted molar refractivity (Wildman–Crippen MR) is 66.7 cm³/mol. The van der Waals surface area contributed by atoms with Crippen molar-refractivity contribution in [3.05, 3.63) is 34.3 Å². The van der Waals surface area contributed by atoms with Gasteiger partial charge in [0.1, 0.15) is 0 Å². The third-order valence-corrected chi connectivity index (χ3v) is 3.64. The average Bonchev–Trinajstić information content (AvgIpc) is 2.74. The van der Waals surface area contributed by atoms with E-state index in [4.69, 9.17) is 22.1 Å². The lowest BCUT2D eigenvalue weighted by Crippen LogP contribution is -2.15. The van der Waals surface area contributed by atoms with Gasteiger partial charge in [-0.05, 0) is 42.9 Å². The highest BCUT2D eigenvalue weighted by Gasteiger charge is 2.19. The molecule has 2 N–H and O–H groups in total. The third-order valence-electron chi connectivity index (χ3n) is 3.24. The van der Waals surface area contributed by atoms with Crippen LogP contribution in [-0.2, 0) is 4.74 Å². The maximum atomic E-state index is 6.18. The van der Waals surface area contributed by atoms with E-state index in [1.165, 1.54) is 0 Å². The van der Waals surface area contributed by atoms with Crippen LogP contribution in [0.15, 0.2) is 18.2 Å². The summed E-state index contributed by atoms with van der Waals surface area (Å²) in [5, 5.41) is 0.802. The van der Waals surface area contributed by atoms with E-state index in [-0.39, 0.29) is 6.04 Å². The van der Waals surface area contributed by atoms with Crippen LogP contribution in [0.25, 0.3) is 0 Å². The Kier molecular flexibility index (Phi) is 3.85. The van der Waals surface area contributed by atoms with Crippen molar-refractivity contribution in [3.63, 3.8) is 0 Å². The van der Waals surface area contributed by atoms with Crippen LogP contribution in [0.4, 0.5) is 0 Å². The molecular weight excluding hydrogens is 222 g/mol. The highest BCUT2D eigenvalue weighted by Crippen LogP contribution is 2.27. The first-order valence-electron chi connectivity index (χ1n) is 5.76. The molecule has 3 heteroatoms. The van der Waals surface area contributed by atoms with Crippen molar-refractivity contribution in [1.29, 1.82) is 0 Å². The number of hydrogen-bond donors (Lipinski definition) is 1. The summed E-state index contributed by atoms with van der Waals surface area (Å²) in [6, 6.07) is 6.16. The molecule has 0 radical (unpaired) electrons. The first-order chi connectivity index (χ1) is 7.66. The minimum atomic E-state index is 0.0739. The minimum absolute atomic E-state index is 0.0739. The Morgan fingerprint density at radius 3 is 3.00 bits per heavy atom. The van der Waals surface area contributed by atoms with Crippen LogP contribution in [0.5, 0.6) is 0 Å². The summed E-state index contributed by atoms with van der Waals surface area (Å²) in [5.74, 6) is 0.607. The zero-order valence-corrected chi connectivity index (χ0v) is 10.3. The topological polar surface area (TPSA) is 35.2 Å². The van der Waals surface area contributed by atoms with E-state index in [0.717, 1.165) is 42.2 Å². The molecule has 2 atom stereocenters. The number of hydrogen-bond acceptors (Lipinski definition) is 2. The second kappa shape index (κ2) is 5.17. The Labute approximate surface area is 102 Å². The molecule has 2 rings (SSSR count). The van der Waals surface area contributed by atoms with E-state index in [0.29, 0.717) is 5.92 Å². The number of halogens is 1. The minimum Gasteiger partial charge on any atom is -0.381 e. The van der Waals surface area contributed by atoms with Crippen molar-refractivity contribution in [2.75, 3.05) is 13.2 Å². The van der Waals surface area contributed by atoms with Gasteiger partial charge in [-0.15, -0.1) is 0 Å². The summed E-state index contributed by atoms with van der Waals surface area (Å²) in [7, 11) is 0. The maximum absolute atomic E-state index is 6.18. The molecule has 16 heavy (non-hydrogen) atoms. The first kappa shape index (κ1) is 11.9. The van der Waals surface area contributed by atoms with Crippen LogP contribution in [0.2, 0.25) is 5.02 Å². The van der Waals surface area contributed by atoms with Crippen LogP contribution in [0.1, 0.15) is 30.0 Å². The van der Waals surface area contributed by atoms with Crippen molar-refractivity contribution < 1.29 is 4.74 Å². The maximum Gasteiger partial charge on any atom is 0.0495 e. The normalized spacial score (nSPS) is 22.3. The van der Waals surface area contributed by atoms with Gasteiger partial charge in [-0.25, -0.2) is 0 Å². The fraction of sp³-hybridized carbons (Fsp3) is 0.538. The lowest BCUT2D eigenvalue weighted by atomic mass is 9.94. The zero-order chi connectivity index (χ0) is 11.5. The monoisotopic (exact) mass is 239 g/mol. The van der Waals surface area contributed by atoms with Crippen LogP contribution in [0.3, 0.4) is 0 Å². The molecule has 1 aromatic carbocycles. The van der Waals surface area contributed by atoms with Gasteiger partial charge in [0.25, 0.3) is 0 Å². The van der Waals surface area contributed by atoms with Crippen molar-refractivity contribution >= 4 is 11.6 Å². The Morgan fingerprint density at radius 2 is 2.38 bits per heavy atom. The van der Waals surface area contributed by atoms with Gasteiger partial charge in [0, 0.05) is 24.3 Å². The SMILES string of the molecule is Cc1ccc(C(N)CC2CCOC2)cc1Cl. The molecule has 1 aromatic rings. The van der Waals surface area contributed by atoms with E-state index in [1.807, 2.05) is 19.1 Å². The molecule has 2 unspecified atom stereocenters. The van der Waals surface area contributed by atoms with Crippen LogP contribution >= 0.6 is 11.6 Å². The van der Waals surface area contributed by atoms with Crippen molar-refractivity contribution in [2.45, 2.75) is 25.8 Å². The van der Waals surface area contributed by atoms with Gasteiger partial charge in [0.2, 0.25) is 0 Å². The summed E-state index contributed by atoms with van der Waals surface area (Å²) in [6.07, 6.45) is 2.12. The zero-order valence-electron chi connectivity index (χ0n) is 9.58. The van der Waals surface area contributed by atoms with Crippen LogP contribution in [0, 0.1) is 12.8 Å². The molecule has 88 valence electrons. The fourth-order valence-corrected chi connectivity index (χ4v) is 2.29. The predicted octanol–water partition coefficient (Wildman–Crippen LogP) is 3.07. The van der Waals surface area contributed by atoms with Crippen LogP contribution in [-0.4, -0.2) is 13.2 Å². The summed E-state index contributed by atoms with van der Waals surface area (Å²) in [4.78, 5) is 0. The highest BCUT2D eigenvalue weighted by molar-refractivity contribution is 6.31. The lowest BCUT2D eigenvalue weighted by Gasteiger charge is -2.16. The van der Waals surface area contributed by atoms with Gasteiger partial charge in [0.05, 0.1) is 0 Å². The molecule has 0 aromatic heterocycles. The second-order valence-electron chi connectivity index (χ2n) is 4.58. The molecule has 1 saturated heterocycles. The Morgan fingerprint density at radius 1 is 1.56 bits per heavy atom. The molecule has 0 bridgehead atoms. The third kappa shape index (κ3) is 2.76. The molecule has 1 heterocycles. The summed E-state index contributed by atoms with van der Waals surface area (Å²) in [6.45, 7) is 3.74. The van der Waals surface area contributed by atoms with E-state index in [1.54, 1.807) is 0 Å². The van der Waals surface area contributed by atoms with E-state index in [9.17, 15) is 0 Å². The molecule has 0 aliphatic carbocycles. The Bertz CT molecular complexity index is 361. The molecule has 0 spiro atoms. The number of aryl methyl sites for hydroxylation is 1. The largest absolute Gasteiger partial charge is 0.381 e. The van der Waals surface area contributed by atoms with Gasteiger partial charge >= 0.3 is 0 Å². The molecular formula is C13H18ClNO. The number of ether oxygens (including phenoxy) is 1. The molecule has 0 amide bonds. The molecule has 2 nitrogen and oxygen atoms in total. The van der Waals surface area contributed by atoms with Gasteiger partial charge in [-0.2, -0.15) is 0 Å². The average molecular weight is 240 g/mol. The van der Waals surface area contributed by atoms with Gasteiger partial charge in [-0.1, -0.05) is 23.7 Å². The second-order valence-corrected chi connectivity index (χ2v) is 4.99. The first-order valence-corrected chi connectivity index (χ1v) is 6.14. The smallest absolute Gasteiger partial charge is 0.0495 e. The van der Waals surface area contributed by atoms with E-state index in [2.05, 4.69) is 6.07 Å². The number of nitrogens with two attached hydrogens (primary N) is 1. The summed E-state index contributed by atoms with van der Waals surface area (Å²) < 4.78 is 5.36. The van der Waals surface area contributed by atoms with Crippen molar-refractivity contribution in [3.8, 4) is 0 Å². The number of rotatable bonds is 3. The quantitative estimate of drug-likeness (QED) is 0.880. The van der Waals surface area contributed by atoms with E-state index < -0.39 is 0 Å². The molecule has 0 saturated carbocycles.